The second kappa shape index (κ2) is 10.0. The number of nitrogens with zero attached hydrogens (tertiary/aromatic N) is 2. The molecule has 0 aromatic heterocycles. The SMILES string of the molecule is CC(C)(C)OC(=O)N1CC(Cc2ccccc2)C(F)(CN(C(=O)C2CC(=O)Nc3ccccc32)C2CC2)C1. The smallest absolute Gasteiger partial charge is 0.410 e. The molecule has 5 rings (SSSR count). The van der Waals surface area contributed by atoms with Crippen molar-refractivity contribution in [3.63, 3.8) is 0 Å². The van der Waals surface area contributed by atoms with Crippen LogP contribution in [0.3, 0.4) is 0 Å². The van der Waals surface area contributed by atoms with Crippen molar-refractivity contribution in [1.82, 2.24) is 9.80 Å². The molecule has 0 spiro atoms. The molecule has 3 unspecified atom stereocenters. The van der Waals surface area contributed by atoms with Crippen LogP contribution >= 0.6 is 0 Å². The molecule has 3 aliphatic rings. The van der Waals surface area contributed by atoms with Gasteiger partial charge in [0.15, 0.2) is 5.67 Å². The Morgan fingerprint density at radius 1 is 1.11 bits per heavy atom. The number of nitrogens with one attached hydrogen (secondary N) is 1. The van der Waals surface area contributed by atoms with Crippen LogP contribution in [0.1, 0.15) is 57.1 Å². The lowest BCUT2D eigenvalue weighted by Gasteiger charge is -2.36. The number of hydrogen-bond donors (Lipinski definition) is 1. The predicted octanol–water partition coefficient (Wildman–Crippen LogP) is 4.92. The summed E-state index contributed by atoms with van der Waals surface area (Å²) in [6.45, 7) is 5.32. The number of amides is 3. The van der Waals surface area contributed by atoms with Crippen LogP contribution in [0.5, 0.6) is 0 Å². The highest BCUT2D eigenvalue weighted by atomic mass is 19.1. The lowest BCUT2D eigenvalue weighted by molar-refractivity contribution is -0.137. The van der Waals surface area contributed by atoms with Crippen LogP contribution in [0.4, 0.5) is 14.9 Å². The number of benzene rings is 2. The van der Waals surface area contributed by atoms with E-state index in [-0.39, 0.29) is 43.9 Å². The zero-order valence-electron chi connectivity index (χ0n) is 22.3. The number of carbonyl (C=O) groups excluding carboxylic acids is 3. The van der Waals surface area contributed by atoms with E-state index in [1.165, 1.54) is 4.90 Å². The second-order valence-corrected chi connectivity index (χ2v) is 11.9. The predicted molar refractivity (Wildman–Crippen MR) is 142 cm³/mol. The molecule has 2 heterocycles. The standard InChI is InChI=1S/C30H36FN3O4/c1-29(2,3)38-28(37)33-17-21(15-20-9-5-4-6-10-20)30(31,18-33)19-34(22-13-14-22)27(36)24-16-26(35)32-25-12-8-7-11-23(24)25/h4-12,21-22,24H,13-19H2,1-3H3,(H,32,35). The molecular weight excluding hydrogens is 485 g/mol. The minimum absolute atomic E-state index is 0.0375. The quantitative estimate of drug-likeness (QED) is 0.585. The summed E-state index contributed by atoms with van der Waals surface area (Å²) in [7, 11) is 0. The van der Waals surface area contributed by atoms with Gasteiger partial charge in [-0.3, -0.25) is 9.59 Å². The molecule has 3 amide bonds. The number of alkyl halides is 1. The van der Waals surface area contributed by atoms with Crippen molar-refractivity contribution in [1.29, 1.82) is 0 Å². The molecule has 38 heavy (non-hydrogen) atoms. The molecular formula is C30H36FN3O4. The van der Waals surface area contributed by atoms with Crippen molar-refractivity contribution in [2.24, 2.45) is 5.92 Å². The fourth-order valence-electron chi connectivity index (χ4n) is 5.62. The lowest BCUT2D eigenvalue weighted by Crippen LogP contribution is -2.51. The fourth-order valence-corrected chi connectivity index (χ4v) is 5.62. The van der Waals surface area contributed by atoms with Crippen LogP contribution in [0, 0.1) is 5.92 Å². The van der Waals surface area contributed by atoms with Gasteiger partial charge in [-0.25, -0.2) is 9.18 Å². The zero-order valence-corrected chi connectivity index (χ0v) is 22.3. The second-order valence-electron chi connectivity index (χ2n) is 11.9. The van der Waals surface area contributed by atoms with Crippen LogP contribution in [0.2, 0.25) is 0 Å². The lowest BCUT2D eigenvalue weighted by atomic mass is 9.85. The molecule has 202 valence electrons. The number of halogens is 1. The molecule has 2 fully saturated rings. The highest BCUT2D eigenvalue weighted by Crippen LogP contribution is 2.41. The Morgan fingerprint density at radius 2 is 1.79 bits per heavy atom. The van der Waals surface area contributed by atoms with Gasteiger partial charge in [0, 0.05) is 30.6 Å². The molecule has 2 aromatic rings. The Hall–Kier alpha value is -3.42. The fraction of sp³-hybridized carbons (Fsp3) is 0.500. The molecule has 2 aliphatic heterocycles. The summed E-state index contributed by atoms with van der Waals surface area (Å²) in [6, 6.07) is 16.9. The number of fused-ring (bicyclic) bond motifs is 1. The Bertz CT molecular complexity index is 1210. The summed E-state index contributed by atoms with van der Waals surface area (Å²) >= 11 is 0. The number of para-hydroxylation sites is 1. The van der Waals surface area contributed by atoms with Gasteiger partial charge in [0.1, 0.15) is 5.60 Å². The molecule has 1 saturated carbocycles. The van der Waals surface area contributed by atoms with E-state index in [0.29, 0.717) is 12.1 Å². The van der Waals surface area contributed by atoms with Crippen LogP contribution in [0.25, 0.3) is 0 Å². The van der Waals surface area contributed by atoms with Gasteiger partial charge in [0.25, 0.3) is 0 Å². The van der Waals surface area contributed by atoms with Crippen molar-refractivity contribution in [2.75, 3.05) is 25.0 Å². The molecule has 1 aliphatic carbocycles. The van der Waals surface area contributed by atoms with E-state index in [2.05, 4.69) is 5.32 Å². The maximum atomic E-state index is 17.1. The average Bonchev–Trinajstić information content (AvgIpc) is 3.65. The summed E-state index contributed by atoms with van der Waals surface area (Å²) in [4.78, 5) is 42.4. The van der Waals surface area contributed by atoms with Gasteiger partial charge in [-0.1, -0.05) is 48.5 Å². The van der Waals surface area contributed by atoms with E-state index >= 15 is 4.39 Å². The summed E-state index contributed by atoms with van der Waals surface area (Å²) in [6.07, 6.45) is 1.55. The van der Waals surface area contributed by atoms with Crippen LogP contribution in [0.15, 0.2) is 54.6 Å². The van der Waals surface area contributed by atoms with Gasteiger partial charge in [-0.05, 0) is 57.2 Å². The summed E-state index contributed by atoms with van der Waals surface area (Å²) < 4.78 is 22.7. The van der Waals surface area contributed by atoms with Crippen molar-refractivity contribution in [2.45, 2.75) is 69.7 Å². The van der Waals surface area contributed by atoms with Gasteiger partial charge in [-0.15, -0.1) is 0 Å². The number of likely N-dealkylation sites (tertiary alicyclic amines) is 1. The molecule has 7 nitrogen and oxygen atoms in total. The van der Waals surface area contributed by atoms with Gasteiger partial charge >= 0.3 is 6.09 Å². The Balaban J connectivity index is 1.42. The third kappa shape index (κ3) is 5.69. The van der Waals surface area contributed by atoms with Crippen LogP contribution in [-0.4, -0.2) is 64.7 Å². The first-order valence-corrected chi connectivity index (χ1v) is 13.4. The topological polar surface area (TPSA) is 79.0 Å². The number of rotatable bonds is 6. The third-order valence-corrected chi connectivity index (χ3v) is 7.60. The average molecular weight is 522 g/mol. The van der Waals surface area contributed by atoms with Crippen molar-refractivity contribution in [3.8, 4) is 0 Å². The highest BCUT2D eigenvalue weighted by Gasteiger charge is 2.53. The first-order valence-electron chi connectivity index (χ1n) is 13.4. The summed E-state index contributed by atoms with van der Waals surface area (Å²) in [5, 5.41) is 2.84. The third-order valence-electron chi connectivity index (χ3n) is 7.60. The first-order chi connectivity index (χ1) is 18.0. The van der Waals surface area contributed by atoms with Crippen molar-refractivity contribution < 1.29 is 23.5 Å². The molecule has 1 N–H and O–H groups in total. The Labute approximate surface area is 223 Å². The Kier molecular flexibility index (Phi) is 6.92. The number of hydrogen-bond acceptors (Lipinski definition) is 4. The van der Waals surface area contributed by atoms with Gasteiger partial charge in [0.2, 0.25) is 11.8 Å². The summed E-state index contributed by atoms with van der Waals surface area (Å²) in [5.74, 6) is -1.60. The minimum Gasteiger partial charge on any atom is -0.444 e. The van der Waals surface area contributed by atoms with Gasteiger partial charge < -0.3 is 19.9 Å². The summed E-state index contributed by atoms with van der Waals surface area (Å²) in [5.41, 5.74) is -0.141. The molecule has 1 saturated heterocycles. The highest BCUT2D eigenvalue weighted by molar-refractivity contribution is 6.01. The van der Waals surface area contributed by atoms with E-state index < -0.39 is 29.2 Å². The first kappa shape index (κ1) is 26.2. The maximum absolute atomic E-state index is 17.1. The maximum Gasteiger partial charge on any atom is 0.410 e. The largest absolute Gasteiger partial charge is 0.444 e. The minimum atomic E-state index is -1.82. The number of carbonyl (C=O) groups is 3. The zero-order chi connectivity index (χ0) is 27.1. The molecule has 0 bridgehead atoms. The normalized spacial score (nSPS) is 24.9. The number of ether oxygens (including phenoxy) is 1. The van der Waals surface area contributed by atoms with Crippen LogP contribution in [-0.2, 0) is 20.7 Å². The van der Waals surface area contributed by atoms with Crippen LogP contribution < -0.4 is 5.32 Å². The van der Waals surface area contributed by atoms with Crippen molar-refractivity contribution in [3.05, 3.63) is 65.7 Å². The van der Waals surface area contributed by atoms with E-state index in [0.717, 1.165) is 24.0 Å². The van der Waals surface area contributed by atoms with E-state index in [1.54, 1.807) is 31.7 Å². The number of anilines is 1. The monoisotopic (exact) mass is 521 g/mol. The van der Waals surface area contributed by atoms with Crippen molar-refractivity contribution >= 4 is 23.6 Å². The molecule has 0 radical (unpaired) electrons. The molecule has 2 aromatic carbocycles. The van der Waals surface area contributed by atoms with E-state index in [9.17, 15) is 14.4 Å². The molecule has 8 heteroatoms. The Morgan fingerprint density at radius 3 is 2.47 bits per heavy atom. The van der Waals surface area contributed by atoms with E-state index in [1.807, 2.05) is 48.5 Å². The van der Waals surface area contributed by atoms with E-state index in [4.69, 9.17) is 4.74 Å². The van der Waals surface area contributed by atoms with Gasteiger partial charge in [-0.2, -0.15) is 0 Å². The molecule has 3 atom stereocenters. The van der Waals surface area contributed by atoms with Gasteiger partial charge in [0.05, 0.1) is 19.0 Å².